The molecule has 0 radical (unpaired) electrons. The molecular formula is C16H22FN3. The third kappa shape index (κ3) is 2.33. The third-order valence-electron chi connectivity index (χ3n) is 4.60. The van der Waals surface area contributed by atoms with Gasteiger partial charge in [0.05, 0.1) is 11.0 Å². The molecule has 0 aliphatic heterocycles. The highest BCUT2D eigenvalue weighted by atomic mass is 19.1. The van der Waals surface area contributed by atoms with Gasteiger partial charge in [-0.05, 0) is 63.3 Å². The van der Waals surface area contributed by atoms with Crippen molar-refractivity contribution < 1.29 is 4.39 Å². The molecule has 1 saturated carbocycles. The number of imidazole rings is 1. The number of aromatic nitrogens is 2. The van der Waals surface area contributed by atoms with Crippen molar-refractivity contribution >= 4 is 11.0 Å². The Morgan fingerprint density at radius 1 is 1.30 bits per heavy atom. The Balaban J connectivity index is 1.95. The van der Waals surface area contributed by atoms with Crippen LogP contribution in [0.15, 0.2) is 18.2 Å². The molecule has 108 valence electrons. The van der Waals surface area contributed by atoms with Crippen LogP contribution in [0.2, 0.25) is 0 Å². The van der Waals surface area contributed by atoms with Crippen LogP contribution in [0.1, 0.15) is 44.3 Å². The Morgan fingerprint density at radius 2 is 2.05 bits per heavy atom. The van der Waals surface area contributed by atoms with Crippen LogP contribution >= 0.6 is 0 Å². The Morgan fingerprint density at radius 3 is 2.70 bits per heavy atom. The zero-order valence-corrected chi connectivity index (χ0v) is 12.0. The van der Waals surface area contributed by atoms with Gasteiger partial charge in [-0.3, -0.25) is 0 Å². The average Bonchev–Trinajstić information content (AvgIpc) is 2.85. The average molecular weight is 275 g/mol. The van der Waals surface area contributed by atoms with E-state index < -0.39 is 0 Å². The number of nitrogens with zero attached hydrogens (tertiary/aromatic N) is 2. The second kappa shape index (κ2) is 5.52. The smallest absolute Gasteiger partial charge is 0.125 e. The molecule has 1 aromatic carbocycles. The van der Waals surface area contributed by atoms with Gasteiger partial charge in [0.15, 0.2) is 0 Å². The van der Waals surface area contributed by atoms with Gasteiger partial charge in [0.25, 0.3) is 0 Å². The zero-order chi connectivity index (χ0) is 14.1. The van der Waals surface area contributed by atoms with Crippen molar-refractivity contribution in [3.8, 4) is 0 Å². The van der Waals surface area contributed by atoms with Crippen LogP contribution in [-0.2, 0) is 6.54 Å². The van der Waals surface area contributed by atoms with Crippen molar-refractivity contribution in [1.82, 2.24) is 9.55 Å². The van der Waals surface area contributed by atoms with E-state index in [1.807, 2.05) is 0 Å². The summed E-state index contributed by atoms with van der Waals surface area (Å²) in [5.74, 6) is 2.10. The molecule has 1 aromatic heterocycles. The van der Waals surface area contributed by atoms with Gasteiger partial charge in [0.2, 0.25) is 0 Å². The lowest BCUT2D eigenvalue weighted by atomic mass is 9.81. The lowest BCUT2D eigenvalue weighted by Crippen LogP contribution is -2.22. The standard InChI is InChI=1S/C16H22FN3/c1-2-20-15-9-13(17)7-8-14(15)19-16(20)12-5-3-11(10-18)4-6-12/h7-9,11-12H,2-6,10,18H2,1H3. The maximum Gasteiger partial charge on any atom is 0.125 e. The highest BCUT2D eigenvalue weighted by Crippen LogP contribution is 2.36. The van der Waals surface area contributed by atoms with Crippen molar-refractivity contribution in [2.75, 3.05) is 6.54 Å². The minimum absolute atomic E-state index is 0.189. The number of hydrogen-bond donors (Lipinski definition) is 1. The molecular weight excluding hydrogens is 253 g/mol. The fourth-order valence-electron chi connectivity index (χ4n) is 3.41. The van der Waals surface area contributed by atoms with E-state index in [4.69, 9.17) is 10.7 Å². The monoisotopic (exact) mass is 275 g/mol. The quantitative estimate of drug-likeness (QED) is 0.932. The summed E-state index contributed by atoms with van der Waals surface area (Å²) in [4.78, 5) is 4.76. The first-order chi connectivity index (χ1) is 9.72. The molecule has 0 bridgehead atoms. The molecule has 0 atom stereocenters. The summed E-state index contributed by atoms with van der Waals surface area (Å²) in [5, 5.41) is 0. The Kier molecular flexibility index (Phi) is 3.74. The van der Waals surface area contributed by atoms with Gasteiger partial charge in [-0.25, -0.2) is 9.37 Å². The summed E-state index contributed by atoms with van der Waals surface area (Å²) in [7, 11) is 0. The van der Waals surface area contributed by atoms with E-state index in [-0.39, 0.29) is 5.82 Å². The van der Waals surface area contributed by atoms with Gasteiger partial charge in [0, 0.05) is 12.5 Å². The number of nitrogens with two attached hydrogens (primary N) is 1. The molecule has 1 heterocycles. The lowest BCUT2D eigenvalue weighted by molar-refractivity contribution is 0.321. The topological polar surface area (TPSA) is 43.8 Å². The van der Waals surface area contributed by atoms with Crippen LogP contribution in [-0.4, -0.2) is 16.1 Å². The molecule has 0 spiro atoms. The van der Waals surface area contributed by atoms with E-state index in [1.54, 1.807) is 12.1 Å². The summed E-state index contributed by atoms with van der Waals surface area (Å²) in [6.07, 6.45) is 4.66. The fraction of sp³-hybridized carbons (Fsp3) is 0.562. The van der Waals surface area contributed by atoms with Gasteiger partial charge in [-0.2, -0.15) is 0 Å². The van der Waals surface area contributed by atoms with Crippen LogP contribution in [0, 0.1) is 11.7 Å². The summed E-state index contributed by atoms with van der Waals surface area (Å²) in [6.45, 7) is 3.73. The molecule has 20 heavy (non-hydrogen) atoms. The number of fused-ring (bicyclic) bond motifs is 1. The fourth-order valence-corrected chi connectivity index (χ4v) is 3.41. The summed E-state index contributed by atoms with van der Waals surface area (Å²) in [6, 6.07) is 4.87. The molecule has 2 aromatic rings. The molecule has 4 heteroatoms. The lowest BCUT2D eigenvalue weighted by Gasteiger charge is -2.27. The normalized spacial score (nSPS) is 23.4. The number of rotatable bonds is 3. The first kappa shape index (κ1) is 13.6. The van der Waals surface area contributed by atoms with Crippen LogP contribution < -0.4 is 5.73 Å². The Bertz CT molecular complexity index is 597. The van der Waals surface area contributed by atoms with Crippen molar-refractivity contribution in [3.05, 3.63) is 29.8 Å². The largest absolute Gasteiger partial charge is 0.330 e. The third-order valence-corrected chi connectivity index (χ3v) is 4.60. The second-order valence-electron chi connectivity index (χ2n) is 5.80. The molecule has 3 rings (SSSR count). The number of hydrogen-bond acceptors (Lipinski definition) is 2. The van der Waals surface area contributed by atoms with E-state index in [0.717, 1.165) is 42.8 Å². The minimum atomic E-state index is -0.189. The molecule has 0 unspecified atom stereocenters. The number of aryl methyl sites for hydroxylation is 1. The first-order valence-electron chi connectivity index (χ1n) is 7.58. The zero-order valence-electron chi connectivity index (χ0n) is 12.0. The summed E-state index contributed by atoms with van der Waals surface area (Å²) in [5.41, 5.74) is 7.59. The van der Waals surface area contributed by atoms with E-state index in [2.05, 4.69) is 11.5 Å². The van der Waals surface area contributed by atoms with E-state index in [9.17, 15) is 4.39 Å². The number of halogens is 1. The van der Waals surface area contributed by atoms with Gasteiger partial charge >= 0.3 is 0 Å². The molecule has 1 aliphatic rings. The van der Waals surface area contributed by atoms with Crippen molar-refractivity contribution in [2.45, 2.75) is 45.1 Å². The summed E-state index contributed by atoms with van der Waals surface area (Å²) >= 11 is 0. The van der Waals surface area contributed by atoms with Gasteiger partial charge in [-0.1, -0.05) is 0 Å². The van der Waals surface area contributed by atoms with Crippen LogP contribution in [0.3, 0.4) is 0 Å². The molecule has 3 nitrogen and oxygen atoms in total. The predicted molar refractivity (Wildman–Crippen MR) is 79.1 cm³/mol. The molecule has 1 aliphatic carbocycles. The Hall–Kier alpha value is -1.42. The molecule has 2 N–H and O–H groups in total. The SMILES string of the molecule is CCn1c(C2CCC(CN)CC2)nc2ccc(F)cc21. The molecule has 1 fully saturated rings. The maximum atomic E-state index is 13.4. The van der Waals surface area contributed by atoms with Crippen molar-refractivity contribution in [3.63, 3.8) is 0 Å². The number of benzene rings is 1. The van der Waals surface area contributed by atoms with Gasteiger partial charge < -0.3 is 10.3 Å². The highest BCUT2D eigenvalue weighted by Gasteiger charge is 2.25. The molecule has 0 amide bonds. The summed E-state index contributed by atoms with van der Waals surface area (Å²) < 4.78 is 15.6. The van der Waals surface area contributed by atoms with E-state index in [1.165, 1.54) is 18.9 Å². The molecule has 0 saturated heterocycles. The van der Waals surface area contributed by atoms with Gasteiger partial charge in [0.1, 0.15) is 11.6 Å². The first-order valence-corrected chi connectivity index (χ1v) is 7.58. The maximum absolute atomic E-state index is 13.4. The van der Waals surface area contributed by atoms with E-state index >= 15 is 0 Å². The predicted octanol–water partition coefficient (Wildman–Crippen LogP) is 3.43. The van der Waals surface area contributed by atoms with Crippen LogP contribution in [0.4, 0.5) is 4.39 Å². The van der Waals surface area contributed by atoms with Crippen molar-refractivity contribution in [2.24, 2.45) is 11.7 Å². The minimum Gasteiger partial charge on any atom is -0.330 e. The Labute approximate surface area is 119 Å². The van der Waals surface area contributed by atoms with E-state index in [0.29, 0.717) is 11.8 Å². The second-order valence-corrected chi connectivity index (χ2v) is 5.80. The van der Waals surface area contributed by atoms with Crippen molar-refractivity contribution in [1.29, 1.82) is 0 Å². The van der Waals surface area contributed by atoms with Crippen LogP contribution in [0.5, 0.6) is 0 Å². The van der Waals surface area contributed by atoms with Gasteiger partial charge in [-0.15, -0.1) is 0 Å². The highest BCUT2D eigenvalue weighted by molar-refractivity contribution is 5.76. The van der Waals surface area contributed by atoms with Crippen LogP contribution in [0.25, 0.3) is 11.0 Å².